The zero-order chi connectivity index (χ0) is 17.5. The van der Waals surface area contributed by atoms with Gasteiger partial charge in [-0.05, 0) is 31.9 Å². The molecule has 1 unspecified atom stereocenters. The highest BCUT2D eigenvalue weighted by molar-refractivity contribution is 5.23. The first-order valence-corrected chi connectivity index (χ1v) is 8.90. The predicted octanol–water partition coefficient (Wildman–Crippen LogP) is 1.67. The number of rotatable bonds is 9. The Balaban J connectivity index is 2.02. The van der Waals surface area contributed by atoms with Crippen molar-refractivity contribution in [3.8, 4) is 0 Å². The zero-order valence-corrected chi connectivity index (χ0v) is 14.7. The van der Waals surface area contributed by atoms with E-state index in [1.165, 1.54) is 4.57 Å². The van der Waals surface area contributed by atoms with Crippen LogP contribution in [0.1, 0.15) is 52.2 Å². The smallest absolute Gasteiger partial charge is 0.351 e. The summed E-state index contributed by atoms with van der Waals surface area (Å²) in [4.78, 5) is 15.9. The van der Waals surface area contributed by atoms with E-state index in [-0.39, 0.29) is 23.9 Å². The van der Waals surface area contributed by atoms with Crippen molar-refractivity contribution in [2.75, 3.05) is 18.9 Å². The van der Waals surface area contributed by atoms with Gasteiger partial charge in [0, 0.05) is 18.7 Å². The molecule has 2 heterocycles. The fourth-order valence-electron chi connectivity index (χ4n) is 3.22. The fraction of sp³-hybridized carbons (Fsp3) is 0.765. The van der Waals surface area contributed by atoms with Crippen LogP contribution in [0.4, 0.5) is 5.82 Å². The van der Waals surface area contributed by atoms with E-state index in [9.17, 15) is 4.79 Å². The Bertz CT molecular complexity index is 563. The molecule has 0 saturated carbocycles. The van der Waals surface area contributed by atoms with Gasteiger partial charge in [0.15, 0.2) is 6.23 Å². The molecule has 4 atom stereocenters. The number of nitrogens with two attached hydrogens (primary N) is 2. The summed E-state index contributed by atoms with van der Waals surface area (Å²) in [7, 11) is 0. The Kier molecular flexibility index (Phi) is 7.20. The van der Waals surface area contributed by atoms with E-state index in [0.29, 0.717) is 6.61 Å². The maximum atomic E-state index is 12.1. The first kappa shape index (κ1) is 18.9. The lowest BCUT2D eigenvalue weighted by atomic mass is 9.98. The molecule has 1 aliphatic rings. The third kappa shape index (κ3) is 4.55. The Morgan fingerprint density at radius 2 is 2.08 bits per heavy atom. The normalized spacial score (nSPS) is 26.8. The van der Waals surface area contributed by atoms with Crippen molar-refractivity contribution < 1.29 is 9.47 Å². The molecule has 1 aromatic rings. The zero-order valence-electron chi connectivity index (χ0n) is 14.7. The van der Waals surface area contributed by atoms with Crippen LogP contribution in [0.25, 0.3) is 0 Å². The van der Waals surface area contributed by atoms with Gasteiger partial charge in [0.2, 0.25) is 0 Å². The second-order valence-electron chi connectivity index (χ2n) is 6.41. The van der Waals surface area contributed by atoms with E-state index in [4.69, 9.17) is 20.9 Å². The highest BCUT2D eigenvalue weighted by atomic mass is 16.6. The molecule has 7 nitrogen and oxygen atoms in total. The van der Waals surface area contributed by atoms with Gasteiger partial charge in [0.05, 0.1) is 6.10 Å². The number of unbranched alkanes of at least 4 members (excludes halogenated alkanes) is 3. The van der Waals surface area contributed by atoms with E-state index < -0.39 is 11.9 Å². The third-order valence-electron chi connectivity index (χ3n) is 4.64. The molecule has 136 valence electrons. The lowest BCUT2D eigenvalue weighted by Crippen LogP contribution is -2.35. The van der Waals surface area contributed by atoms with Crippen molar-refractivity contribution in [1.29, 1.82) is 0 Å². The van der Waals surface area contributed by atoms with E-state index in [0.717, 1.165) is 38.6 Å². The summed E-state index contributed by atoms with van der Waals surface area (Å²) in [5.74, 6) is 0.431. The minimum atomic E-state index is -0.449. The topological polar surface area (TPSA) is 105 Å². The van der Waals surface area contributed by atoms with Crippen LogP contribution in [0.5, 0.6) is 0 Å². The minimum Gasteiger partial charge on any atom is -0.383 e. The van der Waals surface area contributed by atoms with Crippen LogP contribution in [0.15, 0.2) is 17.1 Å². The molecule has 0 spiro atoms. The van der Waals surface area contributed by atoms with E-state index in [2.05, 4.69) is 18.8 Å². The number of hydrogen-bond donors (Lipinski definition) is 2. The van der Waals surface area contributed by atoms with Crippen LogP contribution < -0.4 is 17.2 Å². The second kappa shape index (κ2) is 9.15. The van der Waals surface area contributed by atoms with Gasteiger partial charge in [-0.15, -0.1) is 0 Å². The molecule has 2 rings (SSSR count). The van der Waals surface area contributed by atoms with Crippen molar-refractivity contribution in [2.45, 2.75) is 64.4 Å². The summed E-state index contributed by atoms with van der Waals surface area (Å²) in [6.45, 7) is 5.59. The van der Waals surface area contributed by atoms with Gasteiger partial charge in [-0.25, -0.2) is 4.79 Å². The van der Waals surface area contributed by atoms with Crippen molar-refractivity contribution in [3.05, 3.63) is 22.7 Å². The number of ether oxygens (including phenoxy) is 2. The monoisotopic (exact) mass is 338 g/mol. The van der Waals surface area contributed by atoms with Crippen LogP contribution in [-0.4, -0.2) is 34.9 Å². The predicted molar refractivity (Wildman–Crippen MR) is 93.5 cm³/mol. The van der Waals surface area contributed by atoms with Crippen LogP contribution >= 0.6 is 0 Å². The molecule has 7 heteroatoms. The molecular formula is C17H30N4O3. The van der Waals surface area contributed by atoms with Gasteiger partial charge >= 0.3 is 5.69 Å². The summed E-state index contributed by atoms with van der Waals surface area (Å²) < 4.78 is 13.7. The number of hydrogen-bond acceptors (Lipinski definition) is 6. The first-order chi connectivity index (χ1) is 11.6. The van der Waals surface area contributed by atoms with Crippen LogP contribution in [0.3, 0.4) is 0 Å². The molecule has 1 aliphatic heterocycles. The van der Waals surface area contributed by atoms with Crippen molar-refractivity contribution >= 4 is 5.82 Å². The van der Waals surface area contributed by atoms with Gasteiger partial charge in [0.1, 0.15) is 11.9 Å². The van der Waals surface area contributed by atoms with E-state index in [1.807, 2.05) is 0 Å². The molecule has 1 aromatic heterocycles. The van der Waals surface area contributed by atoms with E-state index >= 15 is 0 Å². The Morgan fingerprint density at radius 1 is 1.33 bits per heavy atom. The van der Waals surface area contributed by atoms with Crippen molar-refractivity contribution in [1.82, 2.24) is 9.55 Å². The lowest BCUT2D eigenvalue weighted by Gasteiger charge is -2.23. The Hall–Kier alpha value is -1.44. The molecule has 0 aliphatic carbocycles. The van der Waals surface area contributed by atoms with Gasteiger partial charge in [-0.1, -0.05) is 26.7 Å². The summed E-state index contributed by atoms with van der Waals surface area (Å²) in [5, 5.41) is 0. The average Bonchev–Trinajstić information content (AvgIpc) is 2.87. The molecule has 1 fully saturated rings. The molecule has 0 radical (unpaired) electrons. The van der Waals surface area contributed by atoms with Crippen LogP contribution in [0, 0.1) is 5.92 Å². The third-order valence-corrected chi connectivity index (χ3v) is 4.64. The number of nitrogen functional groups attached to an aromatic ring is 1. The van der Waals surface area contributed by atoms with E-state index in [1.54, 1.807) is 12.3 Å². The second-order valence-corrected chi connectivity index (χ2v) is 6.41. The van der Waals surface area contributed by atoms with Gasteiger partial charge in [0.25, 0.3) is 0 Å². The van der Waals surface area contributed by atoms with Crippen molar-refractivity contribution in [3.63, 3.8) is 0 Å². The Morgan fingerprint density at radius 3 is 2.75 bits per heavy atom. The molecular weight excluding hydrogens is 308 g/mol. The SMILES string of the molecule is CC[C@H]1O[C@@H](n2ccc(N)nc2=O)C(OCCCCCCN)[C@H]1C. The van der Waals surface area contributed by atoms with Gasteiger partial charge in [-0.3, -0.25) is 4.57 Å². The summed E-state index contributed by atoms with van der Waals surface area (Å²) in [5.41, 5.74) is 10.7. The number of anilines is 1. The maximum Gasteiger partial charge on any atom is 0.351 e. The first-order valence-electron chi connectivity index (χ1n) is 8.90. The highest BCUT2D eigenvalue weighted by Gasteiger charge is 2.43. The minimum absolute atomic E-state index is 0.0710. The molecule has 24 heavy (non-hydrogen) atoms. The van der Waals surface area contributed by atoms with Gasteiger partial charge in [-0.2, -0.15) is 4.98 Å². The van der Waals surface area contributed by atoms with Crippen LogP contribution in [0.2, 0.25) is 0 Å². The number of aromatic nitrogens is 2. The lowest BCUT2D eigenvalue weighted by molar-refractivity contribution is -0.0671. The molecule has 0 aromatic carbocycles. The molecule has 0 bridgehead atoms. The largest absolute Gasteiger partial charge is 0.383 e. The molecule has 4 N–H and O–H groups in total. The summed E-state index contributed by atoms with van der Waals surface area (Å²) in [6, 6.07) is 1.61. The average molecular weight is 338 g/mol. The standard InChI is InChI=1S/C17H30N4O3/c1-3-13-12(2)15(23-11-7-5-4-6-9-18)16(24-13)21-10-8-14(19)20-17(21)22/h8,10,12-13,15-16H,3-7,9,11,18H2,1-2H3,(H2,19,20,22)/t12-,13+,15?,16+/m0/s1. The molecule has 1 saturated heterocycles. The van der Waals surface area contributed by atoms with Crippen molar-refractivity contribution in [2.24, 2.45) is 11.7 Å². The van der Waals surface area contributed by atoms with Gasteiger partial charge < -0.3 is 20.9 Å². The Labute approximate surface area is 143 Å². The maximum absolute atomic E-state index is 12.1. The number of nitrogens with zero attached hydrogens (tertiary/aromatic N) is 2. The summed E-state index contributed by atoms with van der Waals surface area (Å²) >= 11 is 0. The summed E-state index contributed by atoms with van der Waals surface area (Å²) in [6.07, 6.45) is 6.24. The quantitative estimate of drug-likeness (QED) is 0.664. The fourth-order valence-corrected chi connectivity index (χ4v) is 3.22. The van der Waals surface area contributed by atoms with Crippen LogP contribution in [-0.2, 0) is 9.47 Å². The highest BCUT2D eigenvalue weighted by Crippen LogP contribution is 2.36. The molecule has 0 amide bonds.